The molecular formula is C20H25F3N6O4. The van der Waals surface area contributed by atoms with E-state index < -0.39 is 29.8 Å². The molecule has 4 rings (SSSR count). The van der Waals surface area contributed by atoms with Crippen molar-refractivity contribution in [2.45, 2.75) is 25.9 Å². The number of alkyl halides is 3. The number of ether oxygens (including phenoxy) is 1. The zero-order valence-electron chi connectivity index (χ0n) is 18.3. The van der Waals surface area contributed by atoms with Gasteiger partial charge in [0.05, 0.1) is 11.3 Å². The summed E-state index contributed by atoms with van der Waals surface area (Å²) in [7, 11) is 1.95. The van der Waals surface area contributed by atoms with E-state index in [1.807, 2.05) is 7.05 Å². The molecular weight excluding hydrogens is 445 g/mol. The summed E-state index contributed by atoms with van der Waals surface area (Å²) in [6.07, 6.45) is -5.55. The first-order chi connectivity index (χ1) is 15.5. The fourth-order valence-electron chi connectivity index (χ4n) is 4.17. The zero-order chi connectivity index (χ0) is 23.9. The largest absolute Gasteiger partial charge is 0.416 e. The van der Waals surface area contributed by atoms with Crippen LogP contribution in [0.5, 0.6) is 5.88 Å². The van der Waals surface area contributed by atoms with Gasteiger partial charge in [0.1, 0.15) is 0 Å². The van der Waals surface area contributed by atoms with Crippen LogP contribution < -0.4 is 10.3 Å². The van der Waals surface area contributed by atoms with Crippen LogP contribution in [0, 0.1) is 12.8 Å². The standard InChI is InChI=1S/C20H25F3N6O4/c1-12-11-14(30)24-16-15(12)17(25-29(16)18(31)27-9-7-26(2)8-10-27)33-19(32)28-5-3-13(4-6-28)20(21,22)23/h11,13H,3-10H2,1-2H3,(H,24,30). The van der Waals surface area contributed by atoms with Crippen molar-refractivity contribution in [3.8, 4) is 5.88 Å². The number of aryl methyl sites for hydroxylation is 1. The summed E-state index contributed by atoms with van der Waals surface area (Å²) < 4.78 is 45.1. The lowest BCUT2D eigenvalue weighted by molar-refractivity contribution is -0.183. The topological polar surface area (TPSA) is 104 Å². The van der Waals surface area contributed by atoms with Gasteiger partial charge in [0.25, 0.3) is 5.88 Å². The number of nitrogens with zero attached hydrogens (tertiary/aromatic N) is 5. The number of piperazine rings is 1. The number of aromatic amines is 1. The summed E-state index contributed by atoms with van der Waals surface area (Å²) in [6.45, 7) is 3.71. The number of H-pyrrole nitrogens is 1. The lowest BCUT2D eigenvalue weighted by Gasteiger charge is -2.32. The molecule has 2 saturated heterocycles. The minimum atomic E-state index is -4.29. The maximum absolute atomic E-state index is 13.1. The predicted octanol–water partition coefficient (Wildman–Crippen LogP) is 2.02. The van der Waals surface area contributed by atoms with Gasteiger partial charge in [-0.05, 0) is 32.4 Å². The predicted molar refractivity (Wildman–Crippen MR) is 111 cm³/mol. The fourth-order valence-corrected chi connectivity index (χ4v) is 4.17. The summed E-state index contributed by atoms with van der Waals surface area (Å²) in [5.74, 6) is -1.63. The highest BCUT2D eigenvalue weighted by molar-refractivity contribution is 5.93. The van der Waals surface area contributed by atoms with E-state index in [0.29, 0.717) is 31.7 Å². The Morgan fingerprint density at radius 3 is 2.33 bits per heavy atom. The molecule has 0 aliphatic carbocycles. The van der Waals surface area contributed by atoms with Crippen molar-refractivity contribution in [1.82, 2.24) is 29.5 Å². The Morgan fingerprint density at radius 2 is 1.73 bits per heavy atom. The fraction of sp³-hybridized carbons (Fsp3) is 0.600. The number of hydrogen-bond donors (Lipinski definition) is 1. The Kier molecular flexibility index (Phi) is 6.08. The highest BCUT2D eigenvalue weighted by Gasteiger charge is 2.42. The summed E-state index contributed by atoms with van der Waals surface area (Å²) in [5, 5.41) is 4.45. The van der Waals surface area contributed by atoms with Crippen molar-refractivity contribution in [3.63, 3.8) is 0 Å². The van der Waals surface area contributed by atoms with Gasteiger partial charge < -0.3 is 24.4 Å². The molecule has 0 aromatic carbocycles. The van der Waals surface area contributed by atoms with E-state index in [9.17, 15) is 27.6 Å². The summed E-state index contributed by atoms with van der Waals surface area (Å²) in [4.78, 5) is 45.2. The van der Waals surface area contributed by atoms with Crippen LogP contribution in [0.25, 0.3) is 11.0 Å². The third-order valence-corrected chi connectivity index (χ3v) is 6.19. The molecule has 0 unspecified atom stereocenters. The van der Waals surface area contributed by atoms with Gasteiger partial charge in [0.15, 0.2) is 5.65 Å². The maximum atomic E-state index is 13.1. The highest BCUT2D eigenvalue weighted by atomic mass is 19.4. The highest BCUT2D eigenvalue weighted by Crippen LogP contribution is 2.34. The van der Waals surface area contributed by atoms with Crippen molar-refractivity contribution in [2.75, 3.05) is 46.3 Å². The van der Waals surface area contributed by atoms with E-state index in [-0.39, 0.29) is 42.8 Å². The van der Waals surface area contributed by atoms with Crippen LogP contribution in [0.3, 0.4) is 0 Å². The van der Waals surface area contributed by atoms with Gasteiger partial charge in [0, 0.05) is 45.3 Å². The Morgan fingerprint density at radius 1 is 1.09 bits per heavy atom. The third kappa shape index (κ3) is 4.68. The maximum Gasteiger partial charge on any atom is 0.416 e. The molecule has 2 fully saturated rings. The van der Waals surface area contributed by atoms with Gasteiger partial charge in [-0.1, -0.05) is 0 Å². The quantitative estimate of drug-likeness (QED) is 0.684. The van der Waals surface area contributed by atoms with Crippen LogP contribution in [0.2, 0.25) is 0 Å². The Labute approximate surface area is 186 Å². The van der Waals surface area contributed by atoms with E-state index in [0.717, 1.165) is 4.68 Å². The lowest BCUT2D eigenvalue weighted by Crippen LogP contribution is -2.48. The zero-order valence-corrected chi connectivity index (χ0v) is 18.3. The van der Waals surface area contributed by atoms with E-state index >= 15 is 0 Å². The van der Waals surface area contributed by atoms with Gasteiger partial charge in [-0.2, -0.15) is 17.9 Å². The average Bonchev–Trinajstić information content (AvgIpc) is 3.11. The molecule has 0 radical (unpaired) electrons. The number of carbonyl (C=O) groups excluding carboxylic acids is 2. The number of rotatable bonds is 1. The van der Waals surface area contributed by atoms with Crippen LogP contribution in [-0.4, -0.2) is 94.1 Å². The molecule has 2 amide bonds. The minimum Gasteiger partial charge on any atom is -0.389 e. The monoisotopic (exact) mass is 470 g/mol. The van der Waals surface area contributed by atoms with Crippen molar-refractivity contribution >= 4 is 23.2 Å². The summed E-state index contributed by atoms with van der Waals surface area (Å²) in [5.41, 5.74) is 0.103. The molecule has 10 nitrogen and oxygen atoms in total. The number of fused-ring (bicyclic) bond motifs is 1. The van der Waals surface area contributed by atoms with Gasteiger partial charge in [0.2, 0.25) is 5.56 Å². The second kappa shape index (κ2) is 8.69. The number of carbonyl (C=O) groups is 2. The van der Waals surface area contributed by atoms with Gasteiger partial charge >= 0.3 is 18.3 Å². The Bertz CT molecular complexity index is 1110. The van der Waals surface area contributed by atoms with Crippen molar-refractivity contribution in [3.05, 3.63) is 22.0 Å². The first-order valence-electron chi connectivity index (χ1n) is 10.7. The number of piperidine rings is 1. The number of amides is 2. The van der Waals surface area contributed by atoms with Crippen LogP contribution in [0.15, 0.2) is 10.9 Å². The van der Waals surface area contributed by atoms with E-state index in [2.05, 4.69) is 15.0 Å². The molecule has 0 bridgehead atoms. The minimum absolute atomic E-state index is 0.0995. The first kappa shape index (κ1) is 23.1. The van der Waals surface area contributed by atoms with Crippen LogP contribution in [0.4, 0.5) is 22.8 Å². The number of aromatic nitrogens is 3. The second-order valence-electron chi connectivity index (χ2n) is 8.50. The number of nitrogens with one attached hydrogen (secondary N) is 1. The normalized spacial score (nSPS) is 18.7. The summed E-state index contributed by atoms with van der Waals surface area (Å²) >= 11 is 0. The van der Waals surface area contributed by atoms with Gasteiger partial charge in [-0.15, -0.1) is 5.10 Å². The van der Waals surface area contributed by atoms with Gasteiger partial charge in [-0.3, -0.25) is 4.79 Å². The van der Waals surface area contributed by atoms with Crippen LogP contribution in [-0.2, 0) is 0 Å². The lowest BCUT2D eigenvalue weighted by atomic mass is 9.97. The molecule has 2 aromatic rings. The van der Waals surface area contributed by atoms with E-state index in [1.165, 1.54) is 11.0 Å². The number of likely N-dealkylation sites (N-methyl/N-ethyl adjacent to an activating group) is 1. The molecule has 0 atom stereocenters. The molecule has 2 aliphatic heterocycles. The molecule has 0 spiro atoms. The number of pyridine rings is 1. The Balaban J connectivity index is 1.59. The molecule has 2 aliphatic rings. The van der Waals surface area contributed by atoms with Crippen molar-refractivity contribution in [1.29, 1.82) is 0 Å². The Hall–Kier alpha value is -3.09. The molecule has 1 N–H and O–H groups in total. The number of halogens is 3. The summed E-state index contributed by atoms with van der Waals surface area (Å²) in [6, 6.07) is 0.823. The van der Waals surface area contributed by atoms with Crippen molar-refractivity contribution in [2.24, 2.45) is 5.92 Å². The molecule has 2 aromatic heterocycles. The SMILES string of the molecule is Cc1cc(=O)[nH]c2c1c(OC(=O)N1CCC(C(F)(F)F)CC1)nn2C(=O)N1CCN(C)CC1. The molecule has 0 saturated carbocycles. The smallest absolute Gasteiger partial charge is 0.389 e. The van der Waals surface area contributed by atoms with Gasteiger partial charge in [-0.25, -0.2) is 9.59 Å². The average molecular weight is 470 g/mol. The molecule has 4 heterocycles. The second-order valence-corrected chi connectivity index (χ2v) is 8.50. The van der Waals surface area contributed by atoms with Crippen molar-refractivity contribution < 1.29 is 27.5 Å². The molecule has 13 heteroatoms. The third-order valence-electron chi connectivity index (χ3n) is 6.19. The van der Waals surface area contributed by atoms with E-state index in [1.54, 1.807) is 11.8 Å². The number of likely N-dealkylation sites (tertiary alicyclic amines) is 1. The number of hydrogen-bond acceptors (Lipinski definition) is 6. The van der Waals surface area contributed by atoms with Crippen LogP contribution >= 0.6 is 0 Å². The molecule has 33 heavy (non-hydrogen) atoms. The molecule has 180 valence electrons. The van der Waals surface area contributed by atoms with Crippen LogP contribution in [0.1, 0.15) is 18.4 Å². The van der Waals surface area contributed by atoms with E-state index in [4.69, 9.17) is 4.74 Å². The first-order valence-corrected chi connectivity index (χ1v) is 10.7.